The van der Waals surface area contributed by atoms with Gasteiger partial charge in [-0.1, -0.05) is 41.9 Å². The second kappa shape index (κ2) is 9.59. The summed E-state index contributed by atoms with van der Waals surface area (Å²) in [6.45, 7) is 3.50. The molecule has 1 aliphatic rings. The van der Waals surface area contributed by atoms with Crippen LogP contribution >= 0.6 is 15.9 Å². The smallest absolute Gasteiger partial charge is 0.407 e. The number of ether oxygens (including phenoxy) is 1. The van der Waals surface area contributed by atoms with Gasteiger partial charge in [0.2, 0.25) is 15.9 Å². The van der Waals surface area contributed by atoms with Crippen LogP contribution in [0.2, 0.25) is 0 Å². The summed E-state index contributed by atoms with van der Waals surface area (Å²) in [5.41, 5.74) is 1.64. The van der Waals surface area contributed by atoms with Gasteiger partial charge in [-0.05, 0) is 23.6 Å². The Hall–Kier alpha value is -2.44. The summed E-state index contributed by atoms with van der Waals surface area (Å²) in [7, 11) is -2.34. The van der Waals surface area contributed by atoms with Gasteiger partial charge >= 0.3 is 6.09 Å². The Morgan fingerprint density at radius 1 is 1.28 bits per heavy atom. The number of methoxy groups -OCH3 is 1. The molecule has 0 spiro atoms. The monoisotopic (exact) mass is 527 g/mol. The number of sulfonamides is 1. The maximum atomic E-state index is 13.4. The molecule has 10 nitrogen and oxygen atoms in total. The van der Waals surface area contributed by atoms with Crippen LogP contribution in [0.5, 0.6) is 0 Å². The van der Waals surface area contributed by atoms with Gasteiger partial charge in [0.05, 0.1) is 31.9 Å². The molecule has 0 bridgehead atoms. The maximum absolute atomic E-state index is 13.4. The van der Waals surface area contributed by atoms with Crippen LogP contribution in [-0.2, 0) is 19.6 Å². The van der Waals surface area contributed by atoms with Crippen molar-refractivity contribution in [1.29, 1.82) is 0 Å². The molecular formula is C20H26BrN5O5S. The van der Waals surface area contributed by atoms with Gasteiger partial charge in [-0.25, -0.2) is 18.2 Å². The molecule has 1 aliphatic heterocycles. The van der Waals surface area contributed by atoms with Crippen molar-refractivity contribution in [3.8, 4) is 11.3 Å². The third-order valence-electron chi connectivity index (χ3n) is 5.27. The second-order valence-electron chi connectivity index (χ2n) is 7.91. The van der Waals surface area contributed by atoms with Crippen molar-refractivity contribution in [2.45, 2.75) is 25.9 Å². The highest BCUT2D eigenvalue weighted by Crippen LogP contribution is 2.31. The second-order valence-corrected chi connectivity index (χ2v) is 10.8. The molecule has 32 heavy (non-hydrogen) atoms. The van der Waals surface area contributed by atoms with E-state index in [1.54, 1.807) is 20.0 Å². The van der Waals surface area contributed by atoms with Crippen molar-refractivity contribution >= 4 is 38.0 Å². The molecular weight excluding hydrogens is 502 g/mol. The Bertz CT molecular complexity index is 1090. The van der Waals surface area contributed by atoms with E-state index in [9.17, 15) is 18.0 Å². The number of nitrogens with one attached hydrogen (secondary N) is 2. The van der Waals surface area contributed by atoms with Crippen LogP contribution in [0, 0.1) is 5.92 Å². The van der Waals surface area contributed by atoms with Crippen LogP contribution in [0.25, 0.3) is 11.3 Å². The molecule has 1 fully saturated rings. The van der Waals surface area contributed by atoms with Crippen LogP contribution in [0.3, 0.4) is 0 Å². The first-order valence-electron chi connectivity index (χ1n) is 9.92. The summed E-state index contributed by atoms with van der Waals surface area (Å²) >= 11 is 3.40. The summed E-state index contributed by atoms with van der Waals surface area (Å²) in [5, 5.41) is 2.55. The van der Waals surface area contributed by atoms with Gasteiger partial charge in [-0.15, -0.1) is 0 Å². The van der Waals surface area contributed by atoms with Crippen molar-refractivity contribution in [2.24, 2.45) is 5.92 Å². The first kappa shape index (κ1) is 24.2. The number of halogens is 1. The molecule has 0 radical (unpaired) electrons. The molecule has 2 aromatic rings. The third kappa shape index (κ3) is 5.30. The topological polar surface area (TPSA) is 125 Å². The number of carbonyl (C=O) groups is 2. The zero-order chi connectivity index (χ0) is 23.6. The average Bonchev–Trinajstić information content (AvgIpc) is 3.38. The van der Waals surface area contributed by atoms with Crippen LogP contribution < -0.4 is 5.32 Å². The lowest BCUT2D eigenvalue weighted by atomic mass is 10.0. The lowest BCUT2D eigenvalue weighted by Gasteiger charge is -2.29. The highest BCUT2D eigenvalue weighted by atomic mass is 79.9. The highest BCUT2D eigenvalue weighted by Gasteiger charge is 2.43. The molecule has 12 heteroatoms. The zero-order valence-electron chi connectivity index (χ0n) is 18.2. The minimum absolute atomic E-state index is 0.0565. The number of aromatic nitrogens is 2. The van der Waals surface area contributed by atoms with Gasteiger partial charge < -0.3 is 19.9 Å². The van der Waals surface area contributed by atoms with E-state index in [1.165, 1.54) is 16.3 Å². The van der Waals surface area contributed by atoms with E-state index in [0.717, 1.165) is 22.0 Å². The minimum atomic E-state index is -3.55. The fourth-order valence-electron chi connectivity index (χ4n) is 3.48. The fraction of sp³-hybridized carbons (Fsp3) is 0.450. The van der Waals surface area contributed by atoms with Gasteiger partial charge in [0.15, 0.2) is 0 Å². The molecule has 1 saturated heterocycles. The number of rotatable bonds is 6. The van der Waals surface area contributed by atoms with Crippen LogP contribution in [0.15, 0.2) is 34.9 Å². The number of H-pyrrole nitrogens is 1. The molecule has 2 N–H and O–H groups in total. The first-order valence-corrected chi connectivity index (χ1v) is 12.6. The molecule has 0 saturated carbocycles. The van der Waals surface area contributed by atoms with Crippen LogP contribution in [-0.4, -0.2) is 72.2 Å². The Labute approximate surface area is 195 Å². The van der Waals surface area contributed by atoms with Crippen molar-refractivity contribution < 1.29 is 22.7 Å². The Morgan fingerprint density at radius 2 is 1.94 bits per heavy atom. The number of benzene rings is 1. The van der Waals surface area contributed by atoms with Gasteiger partial charge in [-0.3, -0.25) is 4.79 Å². The van der Waals surface area contributed by atoms with Crippen molar-refractivity contribution in [2.75, 3.05) is 26.6 Å². The Kier molecular flexibility index (Phi) is 7.25. The Morgan fingerprint density at radius 3 is 2.50 bits per heavy atom. The van der Waals surface area contributed by atoms with Crippen molar-refractivity contribution in [3.05, 3.63) is 40.8 Å². The number of aromatic amines is 1. The van der Waals surface area contributed by atoms with Gasteiger partial charge in [0.1, 0.15) is 17.9 Å². The van der Waals surface area contributed by atoms with E-state index in [4.69, 9.17) is 0 Å². The lowest BCUT2D eigenvalue weighted by molar-refractivity contribution is -0.135. The van der Waals surface area contributed by atoms with Gasteiger partial charge in [0, 0.05) is 11.0 Å². The van der Waals surface area contributed by atoms with E-state index in [2.05, 4.69) is 36.0 Å². The molecule has 1 aromatic carbocycles. The normalized spacial score (nSPS) is 18.1. The SMILES string of the molecule is COC(=O)NC(C(=O)N1CN(S(C)(=O)=O)CC1c1ncc(-c2ccc(Br)cc2)[nH]1)C(C)C. The van der Waals surface area contributed by atoms with E-state index >= 15 is 0 Å². The molecule has 0 aliphatic carbocycles. The summed E-state index contributed by atoms with van der Waals surface area (Å²) in [5.74, 6) is -0.199. The quantitative estimate of drug-likeness (QED) is 0.593. The summed E-state index contributed by atoms with van der Waals surface area (Å²) in [6, 6.07) is 6.11. The largest absolute Gasteiger partial charge is 0.453 e. The number of nitrogens with zero attached hydrogens (tertiary/aromatic N) is 3. The molecule has 2 amide bonds. The molecule has 2 atom stereocenters. The maximum Gasteiger partial charge on any atom is 0.407 e. The van der Waals surface area contributed by atoms with Crippen molar-refractivity contribution in [3.63, 3.8) is 0 Å². The number of hydrogen-bond acceptors (Lipinski definition) is 6. The Balaban J connectivity index is 1.93. The van der Waals surface area contributed by atoms with Crippen LogP contribution in [0.1, 0.15) is 25.7 Å². The zero-order valence-corrected chi connectivity index (χ0v) is 20.6. The van der Waals surface area contributed by atoms with E-state index in [-0.39, 0.29) is 19.1 Å². The fourth-order valence-corrected chi connectivity index (χ4v) is 4.49. The van der Waals surface area contributed by atoms with Gasteiger partial charge in [-0.2, -0.15) is 4.31 Å². The van der Waals surface area contributed by atoms with E-state index in [0.29, 0.717) is 5.82 Å². The summed E-state index contributed by atoms with van der Waals surface area (Å²) in [4.78, 5) is 34.2. The standard InChI is InChI=1S/C20H26BrN5O5S/c1-12(2)17(24-20(28)31-3)19(27)26-11-25(32(4,29)30)10-16(26)18-22-9-15(23-18)13-5-7-14(21)8-6-13/h5-9,12,16-17H,10-11H2,1-4H3,(H,22,23)(H,24,28). The number of amides is 2. The predicted molar refractivity (Wildman–Crippen MR) is 122 cm³/mol. The van der Waals surface area contributed by atoms with E-state index in [1.807, 2.05) is 24.3 Å². The molecule has 3 rings (SSSR count). The third-order valence-corrected chi connectivity index (χ3v) is 7.00. The number of imidazole rings is 1. The van der Waals surface area contributed by atoms with Crippen molar-refractivity contribution in [1.82, 2.24) is 24.5 Å². The predicted octanol–water partition coefficient (Wildman–Crippen LogP) is 2.32. The van der Waals surface area contributed by atoms with Crippen LogP contribution in [0.4, 0.5) is 4.79 Å². The summed E-state index contributed by atoms with van der Waals surface area (Å²) in [6.07, 6.45) is 2.01. The molecule has 1 aromatic heterocycles. The molecule has 2 unspecified atom stereocenters. The lowest BCUT2D eigenvalue weighted by Crippen LogP contribution is -2.51. The number of hydrogen-bond donors (Lipinski definition) is 2. The molecule has 174 valence electrons. The first-order chi connectivity index (χ1) is 15.0. The minimum Gasteiger partial charge on any atom is -0.453 e. The molecule has 2 heterocycles. The van der Waals surface area contributed by atoms with E-state index < -0.39 is 34.1 Å². The highest BCUT2D eigenvalue weighted by molar-refractivity contribution is 9.10. The number of alkyl carbamates (subject to hydrolysis) is 1. The summed E-state index contributed by atoms with van der Waals surface area (Å²) < 4.78 is 31.3. The average molecular weight is 528 g/mol. The van der Waals surface area contributed by atoms with Gasteiger partial charge in [0.25, 0.3) is 0 Å². The number of carbonyl (C=O) groups excluding carboxylic acids is 2.